The molecular formula is C11H18N4. The molecule has 0 saturated heterocycles. The minimum atomic E-state index is -0.126. The van der Waals surface area contributed by atoms with Crippen LogP contribution < -0.4 is 11.1 Å². The van der Waals surface area contributed by atoms with E-state index in [1.165, 1.54) is 0 Å². The molecule has 0 amide bonds. The van der Waals surface area contributed by atoms with Crippen molar-refractivity contribution in [2.75, 3.05) is 5.32 Å². The SMILES string of the molecule is CCC(C)(C)N=C(N)Nc1cccnc1. The van der Waals surface area contributed by atoms with Crippen LogP contribution >= 0.6 is 0 Å². The first-order chi connectivity index (χ1) is 7.03. The summed E-state index contributed by atoms with van der Waals surface area (Å²) in [5.41, 5.74) is 6.51. The molecule has 0 radical (unpaired) electrons. The van der Waals surface area contributed by atoms with Crippen LogP contribution in [0.2, 0.25) is 0 Å². The average molecular weight is 206 g/mol. The Kier molecular flexibility index (Phi) is 3.66. The van der Waals surface area contributed by atoms with Crippen molar-refractivity contribution in [2.24, 2.45) is 10.7 Å². The lowest BCUT2D eigenvalue weighted by molar-refractivity contribution is 0.504. The van der Waals surface area contributed by atoms with Gasteiger partial charge in [-0.05, 0) is 32.4 Å². The van der Waals surface area contributed by atoms with Crippen molar-refractivity contribution in [2.45, 2.75) is 32.7 Å². The van der Waals surface area contributed by atoms with E-state index in [1.54, 1.807) is 12.4 Å². The van der Waals surface area contributed by atoms with Crippen molar-refractivity contribution in [3.63, 3.8) is 0 Å². The summed E-state index contributed by atoms with van der Waals surface area (Å²) < 4.78 is 0. The second-order valence-corrected chi connectivity index (χ2v) is 4.03. The van der Waals surface area contributed by atoms with E-state index in [-0.39, 0.29) is 5.54 Å². The van der Waals surface area contributed by atoms with Crippen molar-refractivity contribution < 1.29 is 0 Å². The van der Waals surface area contributed by atoms with E-state index in [0.29, 0.717) is 5.96 Å². The molecule has 0 aromatic carbocycles. The Morgan fingerprint density at radius 3 is 2.87 bits per heavy atom. The third-order valence-corrected chi connectivity index (χ3v) is 2.22. The molecule has 1 heterocycles. The van der Waals surface area contributed by atoms with Crippen LogP contribution in [0.25, 0.3) is 0 Å². The highest BCUT2D eigenvalue weighted by atomic mass is 15.1. The maximum Gasteiger partial charge on any atom is 0.193 e. The summed E-state index contributed by atoms with van der Waals surface area (Å²) in [6.07, 6.45) is 4.37. The van der Waals surface area contributed by atoms with Gasteiger partial charge in [0.25, 0.3) is 0 Å². The van der Waals surface area contributed by atoms with Crippen LogP contribution in [-0.2, 0) is 0 Å². The Hall–Kier alpha value is -1.58. The monoisotopic (exact) mass is 206 g/mol. The number of aromatic nitrogens is 1. The maximum absolute atomic E-state index is 5.78. The van der Waals surface area contributed by atoms with Gasteiger partial charge >= 0.3 is 0 Å². The van der Waals surface area contributed by atoms with Gasteiger partial charge in [0.05, 0.1) is 17.4 Å². The number of nitrogens with one attached hydrogen (secondary N) is 1. The van der Waals surface area contributed by atoms with Crippen LogP contribution in [0.15, 0.2) is 29.5 Å². The molecule has 4 heteroatoms. The molecule has 0 fully saturated rings. The zero-order chi connectivity index (χ0) is 11.3. The average Bonchev–Trinajstić information content (AvgIpc) is 2.18. The number of hydrogen-bond acceptors (Lipinski definition) is 2. The fraction of sp³-hybridized carbons (Fsp3) is 0.455. The van der Waals surface area contributed by atoms with Crippen molar-refractivity contribution >= 4 is 11.6 Å². The maximum atomic E-state index is 5.78. The first kappa shape index (κ1) is 11.5. The Morgan fingerprint density at radius 2 is 2.33 bits per heavy atom. The van der Waals surface area contributed by atoms with E-state index in [4.69, 9.17) is 5.73 Å². The van der Waals surface area contributed by atoms with Gasteiger partial charge in [-0.15, -0.1) is 0 Å². The predicted octanol–water partition coefficient (Wildman–Crippen LogP) is 2.00. The van der Waals surface area contributed by atoms with E-state index in [1.807, 2.05) is 26.0 Å². The van der Waals surface area contributed by atoms with Crippen LogP contribution in [0.3, 0.4) is 0 Å². The zero-order valence-corrected chi connectivity index (χ0v) is 9.49. The van der Waals surface area contributed by atoms with Gasteiger partial charge in [0.2, 0.25) is 0 Å². The molecule has 0 bridgehead atoms. The van der Waals surface area contributed by atoms with Gasteiger partial charge in [-0.2, -0.15) is 0 Å². The minimum Gasteiger partial charge on any atom is -0.370 e. The summed E-state index contributed by atoms with van der Waals surface area (Å²) >= 11 is 0. The van der Waals surface area contributed by atoms with E-state index in [2.05, 4.69) is 22.2 Å². The van der Waals surface area contributed by atoms with Gasteiger partial charge in [-0.3, -0.25) is 4.98 Å². The Labute approximate surface area is 90.6 Å². The van der Waals surface area contributed by atoms with Crippen LogP contribution in [-0.4, -0.2) is 16.5 Å². The normalized spacial score (nSPS) is 12.6. The summed E-state index contributed by atoms with van der Waals surface area (Å²) in [6.45, 7) is 6.18. The summed E-state index contributed by atoms with van der Waals surface area (Å²) in [4.78, 5) is 8.36. The lowest BCUT2D eigenvalue weighted by Gasteiger charge is -2.18. The van der Waals surface area contributed by atoms with E-state index < -0.39 is 0 Å². The van der Waals surface area contributed by atoms with Gasteiger partial charge in [0, 0.05) is 6.20 Å². The van der Waals surface area contributed by atoms with Crippen LogP contribution in [0.4, 0.5) is 5.69 Å². The third kappa shape index (κ3) is 3.97. The number of aliphatic imine (C=N–C) groups is 1. The number of rotatable bonds is 3. The fourth-order valence-corrected chi connectivity index (χ4v) is 1.02. The molecule has 3 N–H and O–H groups in total. The second kappa shape index (κ2) is 4.77. The lowest BCUT2D eigenvalue weighted by Crippen LogP contribution is -2.28. The molecule has 0 spiro atoms. The van der Waals surface area contributed by atoms with Gasteiger partial charge in [-0.1, -0.05) is 6.92 Å². The standard InChI is InChI=1S/C11H18N4/c1-4-11(2,3)15-10(12)14-9-6-5-7-13-8-9/h5-8H,4H2,1-3H3,(H3,12,14,15). The van der Waals surface area contributed by atoms with E-state index >= 15 is 0 Å². The number of nitrogens with two attached hydrogens (primary N) is 1. The number of pyridine rings is 1. The zero-order valence-electron chi connectivity index (χ0n) is 9.49. The molecule has 0 saturated carbocycles. The molecule has 15 heavy (non-hydrogen) atoms. The summed E-state index contributed by atoms with van der Waals surface area (Å²) in [5.74, 6) is 0.426. The topological polar surface area (TPSA) is 63.3 Å². The summed E-state index contributed by atoms with van der Waals surface area (Å²) in [7, 11) is 0. The van der Waals surface area contributed by atoms with Gasteiger partial charge in [-0.25, -0.2) is 4.99 Å². The molecule has 0 atom stereocenters. The van der Waals surface area contributed by atoms with E-state index in [9.17, 15) is 0 Å². The molecule has 0 aliphatic carbocycles. The third-order valence-electron chi connectivity index (χ3n) is 2.22. The van der Waals surface area contributed by atoms with Crippen LogP contribution in [0.1, 0.15) is 27.2 Å². The number of hydrogen-bond donors (Lipinski definition) is 2. The lowest BCUT2D eigenvalue weighted by atomic mass is 10.0. The summed E-state index contributed by atoms with van der Waals surface area (Å²) in [6, 6.07) is 3.74. The molecule has 0 aliphatic rings. The number of anilines is 1. The van der Waals surface area contributed by atoms with Crippen LogP contribution in [0, 0.1) is 0 Å². The van der Waals surface area contributed by atoms with Crippen molar-refractivity contribution in [3.05, 3.63) is 24.5 Å². The highest BCUT2D eigenvalue weighted by Crippen LogP contribution is 2.13. The Morgan fingerprint density at radius 1 is 1.60 bits per heavy atom. The smallest absolute Gasteiger partial charge is 0.193 e. The van der Waals surface area contributed by atoms with Crippen molar-refractivity contribution in [1.82, 2.24) is 4.98 Å². The highest BCUT2D eigenvalue weighted by molar-refractivity contribution is 5.92. The first-order valence-corrected chi connectivity index (χ1v) is 5.06. The van der Waals surface area contributed by atoms with Gasteiger partial charge in [0.15, 0.2) is 5.96 Å². The Balaban J connectivity index is 2.67. The molecule has 0 unspecified atom stereocenters. The molecule has 1 rings (SSSR count). The first-order valence-electron chi connectivity index (χ1n) is 5.06. The minimum absolute atomic E-state index is 0.126. The quantitative estimate of drug-likeness (QED) is 0.587. The number of nitrogens with zero attached hydrogens (tertiary/aromatic N) is 2. The molecule has 4 nitrogen and oxygen atoms in total. The molecule has 1 aromatic heterocycles. The van der Waals surface area contributed by atoms with Crippen LogP contribution in [0.5, 0.6) is 0 Å². The predicted molar refractivity (Wildman–Crippen MR) is 63.9 cm³/mol. The second-order valence-electron chi connectivity index (χ2n) is 4.03. The summed E-state index contributed by atoms with van der Waals surface area (Å²) in [5, 5.41) is 3.00. The molecule has 82 valence electrons. The Bertz CT molecular complexity index is 330. The van der Waals surface area contributed by atoms with Crippen molar-refractivity contribution in [1.29, 1.82) is 0 Å². The molecule has 0 aliphatic heterocycles. The van der Waals surface area contributed by atoms with Crippen molar-refractivity contribution in [3.8, 4) is 0 Å². The van der Waals surface area contributed by atoms with Gasteiger partial charge < -0.3 is 11.1 Å². The molecule has 1 aromatic rings. The highest BCUT2D eigenvalue weighted by Gasteiger charge is 2.13. The van der Waals surface area contributed by atoms with Gasteiger partial charge in [0.1, 0.15) is 0 Å². The van der Waals surface area contributed by atoms with E-state index in [0.717, 1.165) is 12.1 Å². The molecular weight excluding hydrogens is 188 g/mol. The fourth-order valence-electron chi connectivity index (χ4n) is 1.02. The number of guanidine groups is 1. The largest absolute Gasteiger partial charge is 0.370 e.